The molecule has 4 rings (SSSR count). The number of aryl methyl sites for hydroxylation is 2. The molecule has 130 valence electrons. The van der Waals surface area contributed by atoms with Gasteiger partial charge in [-0.05, 0) is 38.5 Å². The van der Waals surface area contributed by atoms with E-state index in [0.29, 0.717) is 5.56 Å². The Morgan fingerprint density at radius 3 is 2.38 bits per heavy atom. The summed E-state index contributed by atoms with van der Waals surface area (Å²) >= 11 is 0. The number of fused-ring (bicyclic) bond motifs is 1. The fourth-order valence-corrected chi connectivity index (χ4v) is 3.33. The van der Waals surface area contributed by atoms with Crippen molar-refractivity contribution in [1.82, 2.24) is 19.2 Å². The monoisotopic (exact) mass is 344 g/mol. The van der Waals surface area contributed by atoms with Crippen molar-refractivity contribution in [2.45, 2.75) is 20.8 Å². The molecule has 0 N–H and O–H groups in total. The second-order valence-electron chi connectivity index (χ2n) is 6.56. The molecule has 5 nitrogen and oxygen atoms in total. The van der Waals surface area contributed by atoms with Crippen LogP contribution in [-0.2, 0) is 7.05 Å². The van der Waals surface area contributed by atoms with Crippen LogP contribution in [0.4, 0.5) is 0 Å². The standard InChI is InChI=1S/C21H20N4O/c1-13-19(12-22-24(13)4)17-7-5-6-8-18(17)21-14(2)25-10-9-16(15(3)26)11-20(25)23-21/h5-12H,1-4H3. The molecular formula is C21H20N4O. The van der Waals surface area contributed by atoms with Crippen molar-refractivity contribution in [3.8, 4) is 22.4 Å². The Labute approximate surface area is 151 Å². The number of benzene rings is 1. The minimum Gasteiger partial charge on any atom is -0.304 e. The molecule has 0 aliphatic rings. The molecule has 4 aromatic rings. The maximum atomic E-state index is 11.7. The smallest absolute Gasteiger partial charge is 0.159 e. The van der Waals surface area contributed by atoms with Gasteiger partial charge in [-0.25, -0.2) is 4.98 Å². The maximum Gasteiger partial charge on any atom is 0.159 e. The number of carbonyl (C=O) groups is 1. The van der Waals surface area contributed by atoms with Crippen LogP contribution < -0.4 is 0 Å². The number of nitrogens with zero attached hydrogens (tertiary/aromatic N) is 4. The highest BCUT2D eigenvalue weighted by Crippen LogP contribution is 2.35. The zero-order valence-electron chi connectivity index (χ0n) is 15.3. The minimum absolute atomic E-state index is 0.0427. The van der Waals surface area contributed by atoms with Crippen LogP contribution in [0.1, 0.15) is 28.7 Å². The molecular weight excluding hydrogens is 324 g/mol. The van der Waals surface area contributed by atoms with Crippen molar-refractivity contribution in [3.05, 3.63) is 65.7 Å². The molecule has 0 unspecified atom stereocenters. The fraction of sp³-hybridized carbons (Fsp3) is 0.190. The van der Waals surface area contributed by atoms with Gasteiger partial charge in [0.15, 0.2) is 5.78 Å². The molecule has 0 fully saturated rings. The van der Waals surface area contributed by atoms with E-state index in [1.54, 1.807) is 6.92 Å². The first-order chi connectivity index (χ1) is 12.5. The number of Topliss-reactive ketones (excluding diaryl/α,β-unsaturated/α-hetero) is 1. The number of hydrogen-bond acceptors (Lipinski definition) is 3. The number of rotatable bonds is 3. The van der Waals surface area contributed by atoms with Crippen molar-refractivity contribution in [2.75, 3.05) is 0 Å². The Balaban J connectivity index is 1.95. The van der Waals surface area contributed by atoms with Gasteiger partial charge in [0.05, 0.1) is 11.9 Å². The highest BCUT2D eigenvalue weighted by atomic mass is 16.1. The third kappa shape index (κ3) is 2.44. The van der Waals surface area contributed by atoms with Crippen molar-refractivity contribution < 1.29 is 4.79 Å². The molecule has 0 aliphatic carbocycles. The van der Waals surface area contributed by atoms with Gasteiger partial charge in [0.25, 0.3) is 0 Å². The van der Waals surface area contributed by atoms with E-state index in [2.05, 4.69) is 31.1 Å². The van der Waals surface area contributed by atoms with E-state index in [0.717, 1.165) is 39.4 Å². The number of pyridine rings is 1. The summed E-state index contributed by atoms with van der Waals surface area (Å²) in [4.78, 5) is 16.5. The molecule has 0 atom stereocenters. The third-order valence-electron chi connectivity index (χ3n) is 4.98. The molecule has 5 heteroatoms. The SMILES string of the molecule is CC(=O)c1ccn2c(C)c(-c3ccccc3-c3cnn(C)c3C)nc2c1. The van der Waals surface area contributed by atoms with E-state index in [1.807, 2.05) is 52.8 Å². The van der Waals surface area contributed by atoms with E-state index in [9.17, 15) is 4.79 Å². The van der Waals surface area contributed by atoms with Crippen LogP contribution in [0.15, 0.2) is 48.8 Å². The third-order valence-corrected chi connectivity index (χ3v) is 4.98. The van der Waals surface area contributed by atoms with Gasteiger partial charge in [0.2, 0.25) is 0 Å². The largest absolute Gasteiger partial charge is 0.304 e. The summed E-state index contributed by atoms with van der Waals surface area (Å²) in [7, 11) is 1.95. The zero-order valence-corrected chi connectivity index (χ0v) is 15.3. The summed E-state index contributed by atoms with van der Waals surface area (Å²) < 4.78 is 3.90. The summed E-state index contributed by atoms with van der Waals surface area (Å²) in [5.74, 6) is 0.0427. The summed E-state index contributed by atoms with van der Waals surface area (Å²) in [6, 6.07) is 11.9. The molecule has 3 aromatic heterocycles. The van der Waals surface area contributed by atoms with Crippen LogP contribution in [0.3, 0.4) is 0 Å². The van der Waals surface area contributed by atoms with Gasteiger partial charge in [-0.15, -0.1) is 0 Å². The molecule has 0 spiro atoms. The molecule has 0 amide bonds. The Kier molecular flexibility index (Phi) is 3.72. The van der Waals surface area contributed by atoms with E-state index >= 15 is 0 Å². The molecule has 0 radical (unpaired) electrons. The van der Waals surface area contributed by atoms with Gasteiger partial charge in [-0.1, -0.05) is 24.3 Å². The van der Waals surface area contributed by atoms with Crippen molar-refractivity contribution in [2.24, 2.45) is 7.05 Å². The summed E-state index contributed by atoms with van der Waals surface area (Å²) in [6.45, 7) is 5.69. The van der Waals surface area contributed by atoms with E-state index in [-0.39, 0.29) is 5.78 Å². The van der Waals surface area contributed by atoms with Crippen LogP contribution in [0.5, 0.6) is 0 Å². The van der Waals surface area contributed by atoms with Crippen LogP contribution in [-0.4, -0.2) is 24.9 Å². The topological polar surface area (TPSA) is 52.2 Å². The molecule has 0 aliphatic heterocycles. The average Bonchev–Trinajstić information content (AvgIpc) is 3.15. The van der Waals surface area contributed by atoms with Crippen molar-refractivity contribution in [3.63, 3.8) is 0 Å². The zero-order chi connectivity index (χ0) is 18.4. The van der Waals surface area contributed by atoms with E-state index in [1.165, 1.54) is 0 Å². The van der Waals surface area contributed by atoms with Gasteiger partial charge < -0.3 is 4.40 Å². The summed E-state index contributed by atoms with van der Waals surface area (Å²) in [5.41, 5.74) is 7.80. The Hall–Kier alpha value is -3.21. The summed E-state index contributed by atoms with van der Waals surface area (Å²) in [6.07, 6.45) is 3.81. The lowest BCUT2D eigenvalue weighted by Crippen LogP contribution is -1.95. The van der Waals surface area contributed by atoms with E-state index < -0.39 is 0 Å². The summed E-state index contributed by atoms with van der Waals surface area (Å²) in [5, 5.41) is 4.38. The molecule has 0 bridgehead atoms. The first kappa shape index (κ1) is 16.3. The van der Waals surface area contributed by atoms with Crippen LogP contribution in [0, 0.1) is 13.8 Å². The highest BCUT2D eigenvalue weighted by Gasteiger charge is 2.17. The van der Waals surface area contributed by atoms with Gasteiger partial charge in [-0.3, -0.25) is 9.48 Å². The number of aromatic nitrogens is 4. The Bertz CT molecular complexity index is 1150. The average molecular weight is 344 g/mol. The second-order valence-corrected chi connectivity index (χ2v) is 6.56. The van der Waals surface area contributed by atoms with Gasteiger partial charge in [0, 0.05) is 41.3 Å². The highest BCUT2D eigenvalue weighted by molar-refractivity contribution is 5.95. The normalized spacial score (nSPS) is 11.2. The Morgan fingerprint density at radius 2 is 1.73 bits per heavy atom. The van der Waals surface area contributed by atoms with Crippen LogP contribution in [0.25, 0.3) is 28.0 Å². The lowest BCUT2D eigenvalue weighted by molar-refractivity contribution is 0.101. The first-order valence-electron chi connectivity index (χ1n) is 8.55. The van der Waals surface area contributed by atoms with Crippen LogP contribution >= 0.6 is 0 Å². The molecule has 0 saturated heterocycles. The number of carbonyl (C=O) groups excluding carboxylic acids is 1. The molecule has 1 aromatic carbocycles. The lowest BCUT2D eigenvalue weighted by atomic mass is 9.97. The fourth-order valence-electron chi connectivity index (χ4n) is 3.33. The Morgan fingerprint density at radius 1 is 1.00 bits per heavy atom. The maximum absolute atomic E-state index is 11.7. The quantitative estimate of drug-likeness (QED) is 0.523. The molecule has 26 heavy (non-hydrogen) atoms. The van der Waals surface area contributed by atoms with Gasteiger partial charge in [-0.2, -0.15) is 5.10 Å². The lowest BCUT2D eigenvalue weighted by Gasteiger charge is -2.08. The number of ketones is 1. The minimum atomic E-state index is 0.0427. The van der Waals surface area contributed by atoms with Crippen molar-refractivity contribution >= 4 is 11.4 Å². The first-order valence-corrected chi connectivity index (χ1v) is 8.55. The molecule has 0 saturated carbocycles. The molecule has 3 heterocycles. The van der Waals surface area contributed by atoms with Crippen LogP contribution in [0.2, 0.25) is 0 Å². The number of hydrogen-bond donors (Lipinski definition) is 0. The second kappa shape index (κ2) is 5.95. The predicted molar refractivity (Wildman–Crippen MR) is 102 cm³/mol. The van der Waals surface area contributed by atoms with Crippen molar-refractivity contribution in [1.29, 1.82) is 0 Å². The number of imidazole rings is 1. The van der Waals surface area contributed by atoms with Gasteiger partial charge >= 0.3 is 0 Å². The van der Waals surface area contributed by atoms with E-state index in [4.69, 9.17) is 4.98 Å². The predicted octanol–water partition coefficient (Wildman–Crippen LogP) is 4.22. The van der Waals surface area contributed by atoms with Gasteiger partial charge in [0.1, 0.15) is 5.65 Å².